The van der Waals surface area contributed by atoms with Gasteiger partial charge in [-0.05, 0) is 42.5 Å². The highest BCUT2D eigenvalue weighted by atomic mass is 32.2. The summed E-state index contributed by atoms with van der Waals surface area (Å²) >= 11 is 3.23. The van der Waals surface area contributed by atoms with E-state index < -0.39 is 10.0 Å². The third kappa shape index (κ3) is 5.48. The predicted octanol–water partition coefficient (Wildman–Crippen LogP) is 4.72. The van der Waals surface area contributed by atoms with Crippen LogP contribution in [0.15, 0.2) is 69.2 Å². The van der Waals surface area contributed by atoms with Crippen LogP contribution in [0.4, 0.5) is 5.69 Å². The Bertz CT molecular complexity index is 1080. The molecule has 158 valence electrons. The van der Waals surface area contributed by atoms with Crippen LogP contribution in [0.5, 0.6) is 0 Å². The number of nitrogens with one attached hydrogen (secondary N) is 1. The Labute approximate surface area is 185 Å². The number of benzene rings is 2. The molecule has 0 saturated carbocycles. The van der Waals surface area contributed by atoms with Crippen LogP contribution in [0.1, 0.15) is 29.9 Å². The van der Waals surface area contributed by atoms with Crippen LogP contribution in [0.2, 0.25) is 0 Å². The summed E-state index contributed by atoms with van der Waals surface area (Å²) in [5.74, 6) is 0.492. The highest BCUT2D eigenvalue weighted by Gasteiger charge is 2.22. The molecular weight excluding hydrogens is 438 g/mol. The monoisotopic (exact) mass is 461 g/mol. The van der Waals surface area contributed by atoms with Crippen LogP contribution in [0.3, 0.4) is 0 Å². The van der Waals surface area contributed by atoms with Gasteiger partial charge in [-0.1, -0.05) is 19.9 Å². The van der Waals surface area contributed by atoms with Crippen molar-refractivity contribution in [2.24, 2.45) is 0 Å². The second-order valence-corrected chi connectivity index (χ2v) is 10.1. The summed E-state index contributed by atoms with van der Waals surface area (Å²) in [7, 11) is -3.58. The topological polar surface area (TPSA) is 79.4 Å². The summed E-state index contributed by atoms with van der Waals surface area (Å²) in [5, 5.41) is 4.80. The molecular formula is C21H23N3O3S3. The van der Waals surface area contributed by atoms with Crippen molar-refractivity contribution in [2.75, 3.05) is 18.4 Å². The van der Waals surface area contributed by atoms with Gasteiger partial charge in [0, 0.05) is 40.4 Å². The van der Waals surface area contributed by atoms with E-state index in [2.05, 4.69) is 10.3 Å². The van der Waals surface area contributed by atoms with Crippen LogP contribution in [-0.2, 0) is 15.8 Å². The van der Waals surface area contributed by atoms with E-state index in [0.29, 0.717) is 24.3 Å². The number of thiazole rings is 1. The van der Waals surface area contributed by atoms with Gasteiger partial charge < -0.3 is 5.32 Å². The molecule has 1 aromatic heterocycles. The summed E-state index contributed by atoms with van der Waals surface area (Å²) in [5.41, 5.74) is 3.79. The first-order chi connectivity index (χ1) is 14.4. The highest BCUT2D eigenvalue weighted by Crippen LogP contribution is 2.24. The van der Waals surface area contributed by atoms with Gasteiger partial charge in [0.1, 0.15) is 0 Å². The molecule has 0 bridgehead atoms. The molecule has 9 heteroatoms. The highest BCUT2D eigenvalue weighted by molar-refractivity contribution is 7.98. The number of carbonyl (C=O) groups excluding carboxylic acids is 1. The van der Waals surface area contributed by atoms with Crippen molar-refractivity contribution in [1.82, 2.24) is 9.29 Å². The lowest BCUT2D eigenvalue weighted by Crippen LogP contribution is -2.30. The number of sulfonamides is 1. The minimum atomic E-state index is -3.58. The first-order valence-electron chi connectivity index (χ1n) is 9.45. The van der Waals surface area contributed by atoms with Crippen molar-refractivity contribution >= 4 is 44.7 Å². The van der Waals surface area contributed by atoms with Crippen LogP contribution < -0.4 is 5.32 Å². The van der Waals surface area contributed by atoms with Gasteiger partial charge in [-0.3, -0.25) is 4.79 Å². The van der Waals surface area contributed by atoms with Gasteiger partial charge in [0.05, 0.1) is 16.1 Å². The second-order valence-electron chi connectivity index (χ2n) is 6.36. The lowest BCUT2D eigenvalue weighted by atomic mass is 10.2. The fraction of sp³-hybridized carbons (Fsp3) is 0.238. The Kier molecular flexibility index (Phi) is 7.65. The SMILES string of the molecule is CCN(CC)S(=O)(=O)c1cccc(NC(=O)c2ccc(SCc3cscn3)cc2)c1. The maximum Gasteiger partial charge on any atom is 0.255 e. The molecule has 1 amide bonds. The zero-order valence-electron chi connectivity index (χ0n) is 16.7. The van der Waals surface area contributed by atoms with E-state index in [9.17, 15) is 13.2 Å². The van der Waals surface area contributed by atoms with E-state index in [-0.39, 0.29) is 10.8 Å². The van der Waals surface area contributed by atoms with Crippen molar-refractivity contribution in [3.63, 3.8) is 0 Å². The van der Waals surface area contributed by atoms with Gasteiger partial charge in [0.25, 0.3) is 5.91 Å². The van der Waals surface area contributed by atoms with Gasteiger partial charge >= 0.3 is 0 Å². The Morgan fingerprint density at radius 3 is 2.50 bits per heavy atom. The average molecular weight is 462 g/mol. The number of anilines is 1. The molecule has 3 rings (SSSR count). The van der Waals surface area contributed by atoms with Crippen molar-refractivity contribution in [2.45, 2.75) is 29.4 Å². The molecule has 2 aromatic carbocycles. The number of carbonyl (C=O) groups is 1. The minimum absolute atomic E-state index is 0.165. The third-order valence-corrected chi connectivity index (χ3v) is 8.15. The number of amides is 1. The van der Waals surface area contributed by atoms with Gasteiger partial charge in [-0.15, -0.1) is 23.1 Å². The van der Waals surface area contributed by atoms with Crippen molar-refractivity contribution < 1.29 is 13.2 Å². The van der Waals surface area contributed by atoms with Crippen molar-refractivity contribution in [3.05, 3.63) is 70.7 Å². The van der Waals surface area contributed by atoms with E-state index >= 15 is 0 Å². The molecule has 30 heavy (non-hydrogen) atoms. The molecule has 0 unspecified atom stereocenters. The van der Waals surface area contributed by atoms with Gasteiger partial charge in [-0.2, -0.15) is 4.31 Å². The summed E-state index contributed by atoms with van der Waals surface area (Å²) in [6.45, 7) is 4.38. The molecule has 0 spiro atoms. The minimum Gasteiger partial charge on any atom is -0.322 e. The number of aromatic nitrogens is 1. The summed E-state index contributed by atoms with van der Waals surface area (Å²) in [6, 6.07) is 13.6. The van der Waals surface area contributed by atoms with Crippen LogP contribution >= 0.6 is 23.1 Å². The first kappa shape index (κ1) is 22.5. The fourth-order valence-corrected chi connectivity index (χ4v) is 5.79. The van der Waals surface area contributed by atoms with Crippen LogP contribution in [0, 0.1) is 0 Å². The standard InChI is InChI=1S/C21H23N3O3S3/c1-3-24(4-2)30(26,27)20-7-5-6-17(12-20)23-21(25)16-8-10-19(11-9-16)29-14-18-13-28-15-22-18/h5-13,15H,3-4,14H2,1-2H3,(H,23,25). The molecule has 0 fully saturated rings. The summed E-state index contributed by atoms with van der Waals surface area (Å²) in [4.78, 5) is 18.1. The van der Waals surface area contributed by atoms with E-state index in [0.717, 1.165) is 16.3 Å². The number of rotatable bonds is 9. The normalized spacial score (nSPS) is 11.6. The smallest absolute Gasteiger partial charge is 0.255 e. The molecule has 1 heterocycles. The second kappa shape index (κ2) is 10.2. The van der Waals surface area contributed by atoms with Gasteiger partial charge in [-0.25, -0.2) is 13.4 Å². The Morgan fingerprint density at radius 2 is 1.87 bits per heavy atom. The predicted molar refractivity (Wildman–Crippen MR) is 123 cm³/mol. The average Bonchev–Trinajstić information content (AvgIpc) is 3.27. The Hall–Kier alpha value is -2.20. The Balaban J connectivity index is 1.67. The fourth-order valence-electron chi connectivity index (χ4n) is 2.82. The third-order valence-electron chi connectivity index (χ3n) is 4.42. The largest absolute Gasteiger partial charge is 0.322 e. The number of nitrogens with zero attached hydrogens (tertiary/aromatic N) is 2. The lowest BCUT2D eigenvalue weighted by Gasteiger charge is -2.18. The quantitative estimate of drug-likeness (QED) is 0.467. The zero-order valence-corrected chi connectivity index (χ0v) is 19.2. The summed E-state index contributed by atoms with van der Waals surface area (Å²) in [6.07, 6.45) is 0. The number of thioether (sulfide) groups is 1. The first-order valence-corrected chi connectivity index (χ1v) is 12.8. The number of hydrogen-bond donors (Lipinski definition) is 1. The molecule has 0 atom stereocenters. The molecule has 1 N–H and O–H groups in total. The summed E-state index contributed by atoms with van der Waals surface area (Å²) < 4.78 is 26.8. The molecule has 0 aliphatic heterocycles. The van der Waals surface area contributed by atoms with Crippen molar-refractivity contribution in [3.8, 4) is 0 Å². The molecule has 0 aliphatic carbocycles. The van der Waals surface area contributed by atoms with E-state index in [1.165, 1.54) is 16.4 Å². The Morgan fingerprint density at radius 1 is 1.13 bits per heavy atom. The van der Waals surface area contributed by atoms with Crippen molar-refractivity contribution in [1.29, 1.82) is 0 Å². The van der Waals surface area contributed by atoms with Gasteiger partial charge in [0.2, 0.25) is 10.0 Å². The maximum absolute atomic E-state index is 12.7. The van der Waals surface area contributed by atoms with E-state index in [4.69, 9.17) is 0 Å². The van der Waals surface area contributed by atoms with E-state index in [1.807, 2.05) is 23.0 Å². The van der Waals surface area contributed by atoms with Crippen LogP contribution in [-0.4, -0.2) is 36.7 Å². The molecule has 0 saturated heterocycles. The zero-order chi connectivity index (χ0) is 21.6. The molecule has 0 aliphatic rings. The number of hydrogen-bond acceptors (Lipinski definition) is 6. The van der Waals surface area contributed by atoms with Gasteiger partial charge in [0.15, 0.2) is 0 Å². The lowest BCUT2D eigenvalue weighted by molar-refractivity contribution is 0.102. The van der Waals surface area contributed by atoms with E-state index in [1.54, 1.807) is 61.2 Å². The van der Waals surface area contributed by atoms with Crippen LogP contribution in [0.25, 0.3) is 0 Å². The molecule has 6 nitrogen and oxygen atoms in total. The molecule has 3 aromatic rings. The maximum atomic E-state index is 12.7. The molecule has 0 radical (unpaired) electrons.